The fourth-order valence-electron chi connectivity index (χ4n) is 2.20. The van der Waals surface area contributed by atoms with Gasteiger partial charge in [0, 0.05) is 5.69 Å². The maximum Gasteiger partial charge on any atom is 0.416 e. The Balaban J connectivity index is 1.82. The fraction of sp³-hybridized carbons (Fsp3) is 0.316. The van der Waals surface area contributed by atoms with Gasteiger partial charge >= 0.3 is 6.18 Å². The van der Waals surface area contributed by atoms with Crippen molar-refractivity contribution in [2.24, 2.45) is 0 Å². The van der Waals surface area contributed by atoms with E-state index in [1.165, 1.54) is 17.7 Å². The molecule has 2 aromatic carbocycles. The highest BCUT2D eigenvalue weighted by Crippen LogP contribution is 2.29. The second kappa shape index (κ2) is 8.40. The SMILES string of the molecule is Cc1ccc(OC[C@H](C)NC(=S)Nc2ccc(C(F)(F)F)cc2)cc1C. The van der Waals surface area contributed by atoms with Gasteiger partial charge in [-0.25, -0.2) is 0 Å². The first-order chi connectivity index (χ1) is 12.1. The van der Waals surface area contributed by atoms with Gasteiger partial charge < -0.3 is 15.4 Å². The molecule has 0 spiro atoms. The number of hydrogen-bond donors (Lipinski definition) is 2. The number of aryl methyl sites for hydroxylation is 2. The topological polar surface area (TPSA) is 33.3 Å². The van der Waals surface area contributed by atoms with Crippen LogP contribution in [0, 0.1) is 13.8 Å². The summed E-state index contributed by atoms with van der Waals surface area (Å²) < 4.78 is 43.4. The number of rotatable bonds is 5. The van der Waals surface area contributed by atoms with Crippen molar-refractivity contribution in [3.63, 3.8) is 0 Å². The smallest absolute Gasteiger partial charge is 0.416 e. The van der Waals surface area contributed by atoms with Crippen LogP contribution in [0.4, 0.5) is 18.9 Å². The Morgan fingerprint density at radius 1 is 1.08 bits per heavy atom. The Labute approximate surface area is 156 Å². The molecule has 26 heavy (non-hydrogen) atoms. The van der Waals surface area contributed by atoms with E-state index in [0.29, 0.717) is 17.4 Å². The lowest BCUT2D eigenvalue weighted by atomic mass is 10.1. The molecule has 2 aromatic rings. The number of halogens is 3. The number of alkyl halides is 3. The Morgan fingerprint density at radius 3 is 2.31 bits per heavy atom. The molecule has 140 valence electrons. The lowest BCUT2D eigenvalue weighted by molar-refractivity contribution is -0.137. The highest BCUT2D eigenvalue weighted by molar-refractivity contribution is 7.80. The minimum Gasteiger partial charge on any atom is -0.491 e. The van der Waals surface area contributed by atoms with E-state index in [4.69, 9.17) is 17.0 Å². The van der Waals surface area contributed by atoms with Crippen molar-refractivity contribution >= 4 is 23.0 Å². The van der Waals surface area contributed by atoms with E-state index in [1.54, 1.807) is 0 Å². The van der Waals surface area contributed by atoms with Crippen LogP contribution in [0.1, 0.15) is 23.6 Å². The molecule has 0 aliphatic heterocycles. The first-order valence-corrected chi connectivity index (χ1v) is 8.51. The molecular formula is C19H21F3N2OS. The lowest BCUT2D eigenvalue weighted by Gasteiger charge is -2.18. The summed E-state index contributed by atoms with van der Waals surface area (Å²) in [6.45, 7) is 6.36. The molecule has 0 heterocycles. The van der Waals surface area contributed by atoms with Crippen LogP contribution in [0.15, 0.2) is 42.5 Å². The number of benzene rings is 2. The van der Waals surface area contributed by atoms with Gasteiger partial charge in [-0.1, -0.05) is 6.07 Å². The van der Waals surface area contributed by atoms with Gasteiger partial charge in [-0.3, -0.25) is 0 Å². The first-order valence-electron chi connectivity index (χ1n) is 8.10. The average molecular weight is 382 g/mol. The van der Waals surface area contributed by atoms with E-state index in [9.17, 15) is 13.2 Å². The third-order valence-electron chi connectivity index (χ3n) is 3.83. The third kappa shape index (κ3) is 5.91. The molecule has 1 atom stereocenters. The normalized spacial score (nSPS) is 12.4. The average Bonchev–Trinajstić information content (AvgIpc) is 2.55. The largest absolute Gasteiger partial charge is 0.491 e. The van der Waals surface area contributed by atoms with Gasteiger partial charge in [0.2, 0.25) is 0 Å². The van der Waals surface area contributed by atoms with Crippen LogP contribution in [0.25, 0.3) is 0 Å². The van der Waals surface area contributed by atoms with E-state index in [1.807, 2.05) is 39.0 Å². The van der Waals surface area contributed by atoms with Crippen molar-refractivity contribution in [1.82, 2.24) is 5.32 Å². The molecule has 0 saturated heterocycles. The van der Waals surface area contributed by atoms with Crippen molar-refractivity contribution < 1.29 is 17.9 Å². The zero-order valence-corrected chi connectivity index (χ0v) is 15.6. The maximum absolute atomic E-state index is 12.6. The molecular weight excluding hydrogens is 361 g/mol. The van der Waals surface area contributed by atoms with Gasteiger partial charge in [0.15, 0.2) is 5.11 Å². The van der Waals surface area contributed by atoms with Crippen molar-refractivity contribution in [3.05, 3.63) is 59.2 Å². The van der Waals surface area contributed by atoms with E-state index in [2.05, 4.69) is 10.6 Å². The van der Waals surface area contributed by atoms with Crippen LogP contribution in [0.3, 0.4) is 0 Å². The quantitative estimate of drug-likeness (QED) is 0.707. The molecule has 7 heteroatoms. The van der Waals surface area contributed by atoms with Gasteiger partial charge in [0.25, 0.3) is 0 Å². The monoisotopic (exact) mass is 382 g/mol. The van der Waals surface area contributed by atoms with Crippen LogP contribution in [-0.4, -0.2) is 17.8 Å². The summed E-state index contributed by atoms with van der Waals surface area (Å²) in [5.74, 6) is 0.781. The van der Waals surface area contributed by atoms with Gasteiger partial charge in [0.1, 0.15) is 12.4 Å². The summed E-state index contributed by atoms with van der Waals surface area (Å²) in [7, 11) is 0. The van der Waals surface area contributed by atoms with Crippen molar-refractivity contribution in [2.45, 2.75) is 33.0 Å². The number of ether oxygens (including phenoxy) is 1. The van der Waals surface area contributed by atoms with Crippen LogP contribution < -0.4 is 15.4 Å². The van der Waals surface area contributed by atoms with Crippen LogP contribution in [0.5, 0.6) is 5.75 Å². The van der Waals surface area contributed by atoms with E-state index in [0.717, 1.165) is 23.4 Å². The Hall–Kier alpha value is -2.28. The summed E-state index contributed by atoms with van der Waals surface area (Å²) in [5.41, 5.74) is 2.14. The standard InChI is InChI=1S/C19H21F3N2OS/c1-12-4-9-17(10-13(12)2)25-11-14(3)23-18(26)24-16-7-5-15(6-8-16)19(20,21)22/h4-10,14H,11H2,1-3H3,(H2,23,24,26)/t14-/m0/s1. The van der Waals surface area contributed by atoms with Gasteiger partial charge in [-0.05, 0) is 80.5 Å². The second-order valence-electron chi connectivity index (χ2n) is 6.13. The van der Waals surface area contributed by atoms with Crippen molar-refractivity contribution in [2.75, 3.05) is 11.9 Å². The van der Waals surface area contributed by atoms with E-state index < -0.39 is 11.7 Å². The zero-order valence-electron chi connectivity index (χ0n) is 14.8. The zero-order chi connectivity index (χ0) is 19.3. The van der Waals surface area contributed by atoms with Crippen LogP contribution >= 0.6 is 12.2 Å². The number of thiocarbonyl (C=S) groups is 1. The second-order valence-corrected chi connectivity index (χ2v) is 6.54. The molecule has 0 radical (unpaired) electrons. The molecule has 2 rings (SSSR count). The predicted molar refractivity (Wildman–Crippen MR) is 102 cm³/mol. The molecule has 0 aliphatic rings. The van der Waals surface area contributed by atoms with Crippen molar-refractivity contribution in [1.29, 1.82) is 0 Å². The highest BCUT2D eigenvalue weighted by Gasteiger charge is 2.29. The third-order valence-corrected chi connectivity index (χ3v) is 4.05. The van der Waals surface area contributed by atoms with Crippen molar-refractivity contribution in [3.8, 4) is 5.75 Å². The Morgan fingerprint density at radius 2 is 1.73 bits per heavy atom. The Bertz CT molecular complexity index is 760. The minimum absolute atomic E-state index is 0.0777. The molecule has 0 aliphatic carbocycles. The molecule has 0 fully saturated rings. The molecule has 2 N–H and O–H groups in total. The number of nitrogens with one attached hydrogen (secondary N) is 2. The Kier molecular flexibility index (Phi) is 6.47. The van der Waals surface area contributed by atoms with Crippen LogP contribution in [-0.2, 0) is 6.18 Å². The summed E-state index contributed by atoms with van der Waals surface area (Å²) in [5, 5.41) is 6.23. The first kappa shape index (κ1) is 20.0. The molecule has 0 amide bonds. The summed E-state index contributed by atoms with van der Waals surface area (Å²) in [6, 6.07) is 10.5. The number of anilines is 1. The summed E-state index contributed by atoms with van der Waals surface area (Å²) >= 11 is 5.19. The molecule has 0 aromatic heterocycles. The van der Waals surface area contributed by atoms with Gasteiger partial charge in [-0.15, -0.1) is 0 Å². The molecule has 0 bridgehead atoms. The summed E-state index contributed by atoms with van der Waals surface area (Å²) in [6.07, 6.45) is -4.35. The minimum atomic E-state index is -4.35. The van der Waals surface area contributed by atoms with E-state index >= 15 is 0 Å². The predicted octanol–water partition coefficient (Wildman–Crippen LogP) is 5.08. The fourth-order valence-corrected chi connectivity index (χ4v) is 2.52. The van der Waals surface area contributed by atoms with E-state index in [-0.39, 0.29) is 6.04 Å². The van der Waals surface area contributed by atoms with Gasteiger partial charge in [0.05, 0.1) is 11.6 Å². The number of hydrogen-bond acceptors (Lipinski definition) is 2. The molecule has 0 unspecified atom stereocenters. The molecule has 0 saturated carbocycles. The lowest BCUT2D eigenvalue weighted by Crippen LogP contribution is -2.39. The maximum atomic E-state index is 12.6. The van der Waals surface area contributed by atoms with Crippen LogP contribution in [0.2, 0.25) is 0 Å². The summed E-state index contributed by atoms with van der Waals surface area (Å²) in [4.78, 5) is 0. The van der Waals surface area contributed by atoms with Gasteiger partial charge in [-0.2, -0.15) is 13.2 Å². The highest BCUT2D eigenvalue weighted by atomic mass is 32.1. The molecule has 3 nitrogen and oxygen atoms in total.